The highest BCUT2D eigenvalue weighted by Crippen LogP contribution is 2.15. The van der Waals surface area contributed by atoms with E-state index >= 15 is 0 Å². The molecule has 0 bridgehead atoms. The van der Waals surface area contributed by atoms with Crippen molar-refractivity contribution in [3.8, 4) is 0 Å². The van der Waals surface area contributed by atoms with Gasteiger partial charge in [-0.15, -0.1) is 0 Å². The predicted molar refractivity (Wildman–Crippen MR) is 59.4 cm³/mol. The van der Waals surface area contributed by atoms with Gasteiger partial charge in [0.05, 0.1) is 0 Å². The van der Waals surface area contributed by atoms with Crippen LogP contribution in [0.5, 0.6) is 0 Å². The molecule has 5 nitrogen and oxygen atoms in total. The number of rotatable bonds is 5. The first-order valence-electron chi connectivity index (χ1n) is 4.74. The Labute approximate surface area is 98.6 Å². The Balaban J connectivity index is 2.98. The molecule has 0 unspecified atom stereocenters. The molecule has 0 aliphatic rings. The molecule has 0 radical (unpaired) electrons. The lowest BCUT2D eigenvalue weighted by atomic mass is 9.94. The molecule has 0 fully saturated rings. The van der Waals surface area contributed by atoms with Crippen LogP contribution in [0.4, 0.5) is 3.89 Å². The largest absolute Gasteiger partial charge is 0.480 e. The number of carboxylic acid groups (broad SMARTS) is 1. The maximum Gasteiger partial charge on any atom is 0.373 e. The van der Waals surface area contributed by atoms with E-state index in [2.05, 4.69) is 0 Å². The Morgan fingerprint density at radius 3 is 2.35 bits per heavy atom. The quantitative estimate of drug-likeness (QED) is 0.770. The van der Waals surface area contributed by atoms with E-state index in [9.17, 15) is 17.1 Å². The summed E-state index contributed by atoms with van der Waals surface area (Å²) in [6.07, 6.45) is -0.147. The summed E-state index contributed by atoms with van der Waals surface area (Å²) >= 11 is 0. The zero-order chi connectivity index (χ0) is 13.1. The van der Waals surface area contributed by atoms with Crippen molar-refractivity contribution >= 4 is 16.4 Å². The number of benzene rings is 1. The SMILES string of the molecule is C[C@@](Cc1ccccc1)(NS(=O)(=O)F)C(=O)O. The lowest BCUT2D eigenvalue weighted by molar-refractivity contribution is -0.143. The van der Waals surface area contributed by atoms with E-state index < -0.39 is 21.9 Å². The van der Waals surface area contributed by atoms with Gasteiger partial charge in [-0.3, -0.25) is 4.79 Å². The van der Waals surface area contributed by atoms with Crippen molar-refractivity contribution in [3.05, 3.63) is 35.9 Å². The van der Waals surface area contributed by atoms with Gasteiger partial charge in [0.25, 0.3) is 0 Å². The van der Waals surface area contributed by atoms with E-state index in [1.165, 1.54) is 4.72 Å². The van der Waals surface area contributed by atoms with Gasteiger partial charge in [-0.2, -0.15) is 13.1 Å². The first kappa shape index (κ1) is 13.6. The minimum absolute atomic E-state index is 0.147. The van der Waals surface area contributed by atoms with E-state index in [0.717, 1.165) is 6.92 Å². The fourth-order valence-electron chi connectivity index (χ4n) is 1.43. The number of carbonyl (C=O) groups is 1. The molecular weight excluding hydrogens is 249 g/mol. The molecule has 1 rings (SSSR count). The number of halogens is 1. The second kappa shape index (κ2) is 4.80. The van der Waals surface area contributed by atoms with Crippen molar-refractivity contribution in [1.29, 1.82) is 0 Å². The van der Waals surface area contributed by atoms with Gasteiger partial charge < -0.3 is 5.11 Å². The standard InChI is InChI=1S/C10H12FNO4S/c1-10(9(13)14,12-17(11,15)16)7-8-5-3-2-4-6-8/h2-6,12H,7H2,1H3,(H,13,14)/t10-/m0/s1. The van der Waals surface area contributed by atoms with Crippen LogP contribution in [0.3, 0.4) is 0 Å². The van der Waals surface area contributed by atoms with Crippen LogP contribution >= 0.6 is 0 Å². The summed E-state index contributed by atoms with van der Waals surface area (Å²) in [5, 5.41) is 8.96. The second-order valence-electron chi connectivity index (χ2n) is 3.84. The third-order valence-electron chi connectivity index (χ3n) is 2.22. The van der Waals surface area contributed by atoms with Crippen molar-refractivity contribution in [1.82, 2.24) is 4.72 Å². The summed E-state index contributed by atoms with van der Waals surface area (Å²) in [5.41, 5.74) is -1.32. The molecule has 1 aromatic rings. The molecular formula is C10H12FNO4S. The first-order chi connectivity index (χ1) is 7.73. The number of hydrogen-bond acceptors (Lipinski definition) is 3. The van der Waals surface area contributed by atoms with Crippen LogP contribution in [0.2, 0.25) is 0 Å². The molecule has 0 spiro atoms. The van der Waals surface area contributed by atoms with Crippen LogP contribution in [-0.4, -0.2) is 25.0 Å². The van der Waals surface area contributed by atoms with Crippen molar-refractivity contribution in [2.45, 2.75) is 18.9 Å². The summed E-state index contributed by atoms with van der Waals surface area (Å²) < 4.78 is 35.0. The minimum Gasteiger partial charge on any atom is -0.480 e. The van der Waals surface area contributed by atoms with Gasteiger partial charge in [-0.05, 0) is 12.5 Å². The third-order valence-corrected chi connectivity index (χ3v) is 2.91. The Hall–Kier alpha value is -1.47. The highest BCUT2D eigenvalue weighted by atomic mass is 32.3. The van der Waals surface area contributed by atoms with E-state index in [0.29, 0.717) is 5.56 Å². The topological polar surface area (TPSA) is 83.5 Å². The van der Waals surface area contributed by atoms with E-state index in [-0.39, 0.29) is 6.42 Å². The van der Waals surface area contributed by atoms with Crippen LogP contribution in [0.15, 0.2) is 30.3 Å². The second-order valence-corrected chi connectivity index (χ2v) is 4.92. The molecule has 1 aromatic carbocycles. The molecule has 94 valence electrons. The number of nitrogens with one attached hydrogen (secondary N) is 1. The van der Waals surface area contributed by atoms with Gasteiger partial charge in [0.2, 0.25) is 0 Å². The average molecular weight is 261 g/mol. The molecule has 0 aliphatic heterocycles. The molecule has 0 amide bonds. The molecule has 0 heterocycles. The van der Waals surface area contributed by atoms with Crippen molar-refractivity contribution in [2.24, 2.45) is 0 Å². The maximum absolute atomic E-state index is 12.5. The van der Waals surface area contributed by atoms with Crippen LogP contribution < -0.4 is 4.72 Å². The molecule has 1 atom stereocenters. The first-order valence-corrected chi connectivity index (χ1v) is 6.12. The molecule has 0 saturated heterocycles. The van der Waals surface area contributed by atoms with Gasteiger partial charge in [0.15, 0.2) is 0 Å². The molecule has 17 heavy (non-hydrogen) atoms. The summed E-state index contributed by atoms with van der Waals surface area (Å²) in [6.45, 7) is 1.11. The summed E-state index contributed by atoms with van der Waals surface area (Å²) in [7, 11) is -5.08. The Morgan fingerprint density at radius 1 is 1.41 bits per heavy atom. The van der Waals surface area contributed by atoms with Crippen molar-refractivity contribution in [2.75, 3.05) is 0 Å². The maximum atomic E-state index is 12.5. The Morgan fingerprint density at radius 2 is 1.94 bits per heavy atom. The van der Waals surface area contributed by atoms with Crippen molar-refractivity contribution in [3.63, 3.8) is 0 Å². The highest BCUT2D eigenvalue weighted by molar-refractivity contribution is 7.84. The lowest BCUT2D eigenvalue weighted by Crippen LogP contribution is -2.52. The van der Waals surface area contributed by atoms with Crippen molar-refractivity contribution < 1.29 is 22.2 Å². The molecule has 7 heteroatoms. The van der Waals surface area contributed by atoms with Gasteiger partial charge in [0, 0.05) is 6.42 Å². The van der Waals surface area contributed by atoms with Gasteiger partial charge in [-0.1, -0.05) is 34.2 Å². The smallest absolute Gasteiger partial charge is 0.373 e. The summed E-state index contributed by atoms with van der Waals surface area (Å²) in [4.78, 5) is 11.0. The monoisotopic (exact) mass is 261 g/mol. The molecule has 2 N–H and O–H groups in total. The lowest BCUT2D eigenvalue weighted by Gasteiger charge is -2.23. The Kier molecular flexibility index (Phi) is 3.84. The molecule has 0 aromatic heterocycles. The van der Waals surface area contributed by atoms with E-state index in [4.69, 9.17) is 5.11 Å². The van der Waals surface area contributed by atoms with Gasteiger partial charge >= 0.3 is 16.4 Å². The number of aliphatic carboxylic acids is 1. The number of hydrogen-bond donors (Lipinski definition) is 2. The van der Waals surface area contributed by atoms with Crippen LogP contribution in [0.25, 0.3) is 0 Å². The molecule has 0 aliphatic carbocycles. The zero-order valence-electron chi connectivity index (χ0n) is 9.05. The van der Waals surface area contributed by atoms with Crippen LogP contribution in [0.1, 0.15) is 12.5 Å². The third kappa shape index (κ3) is 4.12. The fraction of sp³-hybridized carbons (Fsp3) is 0.300. The highest BCUT2D eigenvalue weighted by Gasteiger charge is 2.37. The van der Waals surface area contributed by atoms with E-state index in [1.807, 2.05) is 0 Å². The van der Waals surface area contributed by atoms with Crippen LogP contribution in [0, 0.1) is 0 Å². The fourth-order valence-corrected chi connectivity index (χ4v) is 2.13. The Bertz CT molecular complexity index is 502. The van der Waals surface area contributed by atoms with Gasteiger partial charge in [0.1, 0.15) is 5.54 Å². The zero-order valence-corrected chi connectivity index (χ0v) is 9.87. The summed E-state index contributed by atoms with van der Waals surface area (Å²) in [5.74, 6) is -1.44. The van der Waals surface area contributed by atoms with E-state index in [1.54, 1.807) is 30.3 Å². The minimum atomic E-state index is -5.08. The molecule has 0 saturated carbocycles. The summed E-state index contributed by atoms with van der Waals surface area (Å²) in [6, 6.07) is 8.37. The average Bonchev–Trinajstić information content (AvgIpc) is 2.15. The van der Waals surface area contributed by atoms with Gasteiger partial charge in [-0.25, -0.2) is 0 Å². The van der Waals surface area contributed by atoms with Crippen LogP contribution in [-0.2, 0) is 21.6 Å². The predicted octanol–water partition coefficient (Wildman–Crippen LogP) is 0.876. The normalized spacial score (nSPS) is 15.2. The number of carboxylic acids is 1.